The number of fused-ring (bicyclic) bond motifs is 1. The Labute approximate surface area is 65.0 Å². The first-order valence-electron chi connectivity index (χ1n) is 3.45. The SMILES string of the molecule is N#CC1Cc2cc[c]cc2O1. The summed E-state index contributed by atoms with van der Waals surface area (Å²) in [6.07, 6.45) is 0.418. The van der Waals surface area contributed by atoms with E-state index < -0.39 is 0 Å². The van der Waals surface area contributed by atoms with E-state index in [1.54, 1.807) is 6.07 Å². The Morgan fingerprint density at radius 3 is 3.36 bits per heavy atom. The molecule has 1 radical (unpaired) electrons. The van der Waals surface area contributed by atoms with Crippen molar-refractivity contribution in [2.24, 2.45) is 0 Å². The molecular formula is C9H6NO. The zero-order valence-corrected chi connectivity index (χ0v) is 5.87. The smallest absolute Gasteiger partial charge is 0.188 e. The molecule has 1 atom stereocenters. The van der Waals surface area contributed by atoms with Crippen molar-refractivity contribution in [3.05, 3.63) is 29.8 Å². The highest BCUT2D eigenvalue weighted by atomic mass is 16.5. The van der Waals surface area contributed by atoms with Crippen LogP contribution in [0.2, 0.25) is 0 Å². The van der Waals surface area contributed by atoms with E-state index in [1.165, 1.54) is 0 Å². The maximum absolute atomic E-state index is 8.55. The molecule has 1 aromatic carbocycles. The van der Waals surface area contributed by atoms with Crippen LogP contribution in [0.1, 0.15) is 5.56 Å². The van der Waals surface area contributed by atoms with Gasteiger partial charge >= 0.3 is 0 Å². The zero-order valence-electron chi connectivity index (χ0n) is 5.87. The average molecular weight is 144 g/mol. The first kappa shape index (κ1) is 6.23. The first-order chi connectivity index (χ1) is 5.40. The minimum absolute atomic E-state index is 0.291. The summed E-state index contributed by atoms with van der Waals surface area (Å²) in [5, 5.41) is 8.55. The fourth-order valence-corrected chi connectivity index (χ4v) is 1.19. The average Bonchev–Trinajstić information content (AvgIpc) is 2.46. The van der Waals surface area contributed by atoms with Crippen LogP contribution in [0.25, 0.3) is 0 Å². The maximum Gasteiger partial charge on any atom is 0.188 e. The Morgan fingerprint density at radius 2 is 2.64 bits per heavy atom. The molecule has 0 fully saturated rings. The summed E-state index contributed by atoms with van der Waals surface area (Å²) < 4.78 is 5.26. The lowest BCUT2D eigenvalue weighted by Gasteiger charge is -1.97. The summed E-state index contributed by atoms with van der Waals surface area (Å²) in [5.74, 6) is 0.805. The largest absolute Gasteiger partial charge is 0.475 e. The Kier molecular flexibility index (Phi) is 1.29. The Morgan fingerprint density at radius 1 is 1.73 bits per heavy atom. The normalized spacial score (nSPS) is 20.1. The van der Waals surface area contributed by atoms with E-state index in [0.717, 1.165) is 11.3 Å². The molecule has 2 rings (SSSR count). The third-order valence-corrected chi connectivity index (χ3v) is 1.73. The lowest BCUT2D eigenvalue weighted by Crippen LogP contribution is -2.08. The van der Waals surface area contributed by atoms with E-state index >= 15 is 0 Å². The van der Waals surface area contributed by atoms with Crippen molar-refractivity contribution in [1.29, 1.82) is 5.26 Å². The minimum atomic E-state index is -0.291. The Hall–Kier alpha value is -1.49. The van der Waals surface area contributed by atoms with Gasteiger partial charge in [0.15, 0.2) is 6.10 Å². The molecule has 0 saturated carbocycles. The number of nitrogens with zero attached hydrogens (tertiary/aromatic N) is 1. The van der Waals surface area contributed by atoms with Crippen LogP contribution >= 0.6 is 0 Å². The third kappa shape index (κ3) is 0.947. The highest BCUT2D eigenvalue weighted by molar-refractivity contribution is 5.38. The lowest BCUT2D eigenvalue weighted by atomic mass is 10.1. The van der Waals surface area contributed by atoms with Gasteiger partial charge in [-0.3, -0.25) is 0 Å². The van der Waals surface area contributed by atoms with Gasteiger partial charge in [-0.15, -0.1) is 0 Å². The van der Waals surface area contributed by atoms with Gasteiger partial charge in [-0.1, -0.05) is 12.1 Å². The molecule has 1 unspecified atom stereocenters. The molecule has 0 bridgehead atoms. The topological polar surface area (TPSA) is 33.0 Å². The molecule has 0 amide bonds. The summed E-state index contributed by atoms with van der Waals surface area (Å²) in [5.41, 5.74) is 1.11. The molecule has 0 aliphatic carbocycles. The highest BCUT2D eigenvalue weighted by Crippen LogP contribution is 2.27. The third-order valence-electron chi connectivity index (χ3n) is 1.73. The number of benzene rings is 1. The standard InChI is InChI=1S/C9H6NO/c10-6-8-5-7-3-1-2-4-9(7)11-8/h1,3-4,8H,5H2. The van der Waals surface area contributed by atoms with Crippen molar-refractivity contribution in [3.63, 3.8) is 0 Å². The Bertz CT molecular complexity index is 289. The summed E-state index contributed by atoms with van der Waals surface area (Å²) in [7, 11) is 0. The van der Waals surface area contributed by atoms with Crippen molar-refractivity contribution in [1.82, 2.24) is 0 Å². The molecule has 0 N–H and O–H groups in total. The molecule has 0 saturated heterocycles. The summed E-state index contributed by atoms with van der Waals surface area (Å²) in [4.78, 5) is 0. The van der Waals surface area contributed by atoms with Crippen LogP contribution in [0.15, 0.2) is 18.2 Å². The molecule has 0 spiro atoms. The van der Waals surface area contributed by atoms with Crippen LogP contribution in [-0.2, 0) is 6.42 Å². The molecule has 1 aromatic rings. The van der Waals surface area contributed by atoms with Gasteiger partial charge in [-0.2, -0.15) is 5.26 Å². The van der Waals surface area contributed by atoms with Gasteiger partial charge < -0.3 is 4.74 Å². The molecular weight excluding hydrogens is 138 g/mol. The van der Waals surface area contributed by atoms with Crippen LogP contribution in [-0.4, -0.2) is 6.10 Å². The van der Waals surface area contributed by atoms with E-state index in [4.69, 9.17) is 10.00 Å². The lowest BCUT2D eigenvalue weighted by molar-refractivity contribution is 0.290. The number of nitriles is 1. The van der Waals surface area contributed by atoms with Gasteiger partial charge in [0.2, 0.25) is 0 Å². The van der Waals surface area contributed by atoms with Crippen LogP contribution in [0.5, 0.6) is 5.75 Å². The summed E-state index contributed by atoms with van der Waals surface area (Å²) in [6.45, 7) is 0. The molecule has 2 heteroatoms. The molecule has 0 aromatic heterocycles. The van der Waals surface area contributed by atoms with Gasteiger partial charge in [0.05, 0.1) is 0 Å². The van der Waals surface area contributed by atoms with E-state index in [9.17, 15) is 0 Å². The predicted molar refractivity (Wildman–Crippen MR) is 39.0 cm³/mol. The second-order valence-corrected chi connectivity index (χ2v) is 2.47. The fraction of sp³-hybridized carbons (Fsp3) is 0.222. The van der Waals surface area contributed by atoms with Gasteiger partial charge in [0.25, 0.3) is 0 Å². The van der Waals surface area contributed by atoms with Gasteiger partial charge in [0, 0.05) is 6.42 Å². The van der Waals surface area contributed by atoms with Crippen LogP contribution in [0.4, 0.5) is 0 Å². The van der Waals surface area contributed by atoms with E-state index in [-0.39, 0.29) is 6.10 Å². The second-order valence-electron chi connectivity index (χ2n) is 2.47. The molecule has 1 aliphatic rings. The van der Waals surface area contributed by atoms with Crippen molar-refractivity contribution >= 4 is 0 Å². The first-order valence-corrected chi connectivity index (χ1v) is 3.45. The van der Waals surface area contributed by atoms with E-state index in [1.807, 2.05) is 12.1 Å². The summed E-state index contributed by atoms with van der Waals surface area (Å²) in [6, 6.07) is 10.5. The van der Waals surface area contributed by atoms with E-state index in [0.29, 0.717) is 6.42 Å². The molecule has 53 valence electrons. The number of rotatable bonds is 0. The van der Waals surface area contributed by atoms with Crippen molar-refractivity contribution in [3.8, 4) is 11.8 Å². The monoisotopic (exact) mass is 144 g/mol. The molecule has 1 aliphatic heterocycles. The number of hydrogen-bond acceptors (Lipinski definition) is 2. The van der Waals surface area contributed by atoms with Crippen molar-refractivity contribution in [2.75, 3.05) is 0 Å². The molecule has 11 heavy (non-hydrogen) atoms. The van der Waals surface area contributed by atoms with Crippen LogP contribution < -0.4 is 4.74 Å². The number of hydrogen-bond donors (Lipinski definition) is 0. The predicted octanol–water partition coefficient (Wildman–Crippen LogP) is 1.31. The van der Waals surface area contributed by atoms with Crippen molar-refractivity contribution in [2.45, 2.75) is 12.5 Å². The molecule has 1 heterocycles. The fourth-order valence-electron chi connectivity index (χ4n) is 1.19. The molecule has 2 nitrogen and oxygen atoms in total. The second kappa shape index (κ2) is 2.28. The van der Waals surface area contributed by atoms with Gasteiger partial charge in [0.1, 0.15) is 11.8 Å². The minimum Gasteiger partial charge on any atom is -0.475 e. The van der Waals surface area contributed by atoms with Crippen molar-refractivity contribution < 1.29 is 4.74 Å². The van der Waals surface area contributed by atoms with Crippen LogP contribution in [0, 0.1) is 17.4 Å². The van der Waals surface area contributed by atoms with E-state index in [2.05, 4.69) is 12.1 Å². The number of ether oxygens (including phenoxy) is 1. The van der Waals surface area contributed by atoms with Crippen LogP contribution in [0.3, 0.4) is 0 Å². The maximum atomic E-state index is 8.55. The van der Waals surface area contributed by atoms with Gasteiger partial charge in [-0.05, 0) is 17.7 Å². The highest BCUT2D eigenvalue weighted by Gasteiger charge is 2.20. The van der Waals surface area contributed by atoms with Gasteiger partial charge in [-0.25, -0.2) is 0 Å². The zero-order chi connectivity index (χ0) is 7.68. The summed E-state index contributed by atoms with van der Waals surface area (Å²) >= 11 is 0. The quantitative estimate of drug-likeness (QED) is 0.550. The Balaban J connectivity index is 2.35.